The number of fused-ring (bicyclic) bond motifs is 1. The first-order valence-corrected chi connectivity index (χ1v) is 13.8. The van der Waals surface area contributed by atoms with E-state index in [1.165, 1.54) is 6.20 Å². The Labute approximate surface area is 248 Å². The van der Waals surface area contributed by atoms with Crippen molar-refractivity contribution < 1.29 is 27.9 Å². The second-order valence-corrected chi connectivity index (χ2v) is 11.0. The third-order valence-electron chi connectivity index (χ3n) is 7.82. The van der Waals surface area contributed by atoms with Gasteiger partial charge in [-0.3, -0.25) is 24.2 Å². The minimum absolute atomic E-state index is 0.126. The van der Waals surface area contributed by atoms with Gasteiger partial charge in [0.1, 0.15) is 5.82 Å². The number of alkyl halides is 2. The van der Waals surface area contributed by atoms with E-state index in [0.29, 0.717) is 18.3 Å². The summed E-state index contributed by atoms with van der Waals surface area (Å²) in [5.41, 5.74) is -0.158. The number of piperidine rings is 1. The maximum Gasteiger partial charge on any atom is 0.276 e. The van der Waals surface area contributed by atoms with Crippen molar-refractivity contribution in [2.45, 2.75) is 39.3 Å². The van der Waals surface area contributed by atoms with Gasteiger partial charge in [-0.25, -0.2) is 23.1 Å². The van der Waals surface area contributed by atoms with Crippen LogP contribution in [0, 0.1) is 24.6 Å². The summed E-state index contributed by atoms with van der Waals surface area (Å²) in [4.78, 5) is 40.0. The first-order chi connectivity index (χ1) is 20.6. The highest BCUT2D eigenvalue weighted by Crippen LogP contribution is 2.47. The molecule has 0 bridgehead atoms. The van der Waals surface area contributed by atoms with E-state index in [2.05, 4.69) is 25.4 Å². The fraction of sp³-hybridized carbons (Fsp3) is 0.310. The highest BCUT2D eigenvalue weighted by molar-refractivity contribution is 6.31. The molecule has 1 unspecified atom stereocenters. The number of carbonyl (C=O) groups is 2. The average Bonchev–Trinajstić information content (AvgIpc) is 3.49. The Hall–Kier alpha value is -4.36. The lowest BCUT2D eigenvalue weighted by atomic mass is 10.0. The lowest BCUT2D eigenvalue weighted by Gasteiger charge is -2.21. The quantitative estimate of drug-likeness (QED) is 0.284. The Morgan fingerprint density at radius 2 is 2.02 bits per heavy atom. The summed E-state index contributed by atoms with van der Waals surface area (Å²) < 4.78 is 43.7. The van der Waals surface area contributed by atoms with Gasteiger partial charge in [-0.15, -0.1) is 0 Å². The van der Waals surface area contributed by atoms with Gasteiger partial charge in [0.05, 0.1) is 47.1 Å². The van der Waals surface area contributed by atoms with Crippen molar-refractivity contribution in [3.63, 3.8) is 0 Å². The first kappa shape index (κ1) is 28.7. The minimum Gasteiger partial charge on any atom is -0.390 e. The zero-order valence-corrected chi connectivity index (χ0v) is 23.7. The fourth-order valence-electron chi connectivity index (χ4n) is 5.36. The van der Waals surface area contributed by atoms with Gasteiger partial charge in [0.25, 0.3) is 12.3 Å². The molecule has 1 aromatic carbocycles. The van der Waals surface area contributed by atoms with E-state index >= 15 is 0 Å². The van der Waals surface area contributed by atoms with E-state index in [-0.39, 0.29) is 40.6 Å². The number of rotatable bonds is 8. The van der Waals surface area contributed by atoms with Crippen LogP contribution >= 0.6 is 11.6 Å². The van der Waals surface area contributed by atoms with Crippen molar-refractivity contribution in [1.29, 1.82) is 0 Å². The number of nitrogens with one attached hydrogen (secondary N) is 1. The molecular weight excluding hydrogens is 587 g/mol. The fourth-order valence-corrected chi connectivity index (χ4v) is 5.52. The molecule has 0 spiro atoms. The Morgan fingerprint density at radius 1 is 1.23 bits per heavy atom. The van der Waals surface area contributed by atoms with Crippen LogP contribution in [0.25, 0.3) is 11.3 Å². The molecule has 1 saturated heterocycles. The molecule has 222 valence electrons. The van der Waals surface area contributed by atoms with Gasteiger partial charge in [0.2, 0.25) is 5.91 Å². The Kier molecular flexibility index (Phi) is 7.38. The van der Waals surface area contributed by atoms with Gasteiger partial charge < -0.3 is 10.4 Å². The number of hydrogen-bond donors (Lipinski definition) is 2. The molecule has 4 aromatic rings. The molecule has 0 radical (unpaired) electrons. The lowest BCUT2D eigenvalue weighted by molar-refractivity contribution is -0.118. The van der Waals surface area contributed by atoms with Crippen molar-refractivity contribution in [2.75, 3.05) is 16.8 Å². The first-order valence-electron chi connectivity index (χ1n) is 13.4. The van der Waals surface area contributed by atoms with Crippen molar-refractivity contribution in [3.05, 3.63) is 81.9 Å². The van der Waals surface area contributed by atoms with Crippen LogP contribution in [-0.2, 0) is 11.4 Å². The van der Waals surface area contributed by atoms with Gasteiger partial charge in [-0.1, -0.05) is 17.7 Å². The van der Waals surface area contributed by atoms with Crippen LogP contribution in [0.4, 0.5) is 24.7 Å². The normalized spacial score (nSPS) is 18.2. The van der Waals surface area contributed by atoms with Gasteiger partial charge in [-0.2, -0.15) is 5.10 Å². The number of pyridine rings is 1. The van der Waals surface area contributed by atoms with Crippen LogP contribution in [0.2, 0.25) is 5.02 Å². The molecular formula is C29H25ClF3N7O3. The van der Waals surface area contributed by atoms with Gasteiger partial charge in [0, 0.05) is 36.0 Å². The number of benzene rings is 1. The molecule has 10 nitrogen and oxygen atoms in total. The highest BCUT2D eigenvalue weighted by atomic mass is 35.5. The standard InChI is InChI=1S/C29H25ClF3N7O3/c1-13-5-15(7-35-27(13)39-10-16-6-19(16)29(39)43)14(2)40-11-17(8-36-40)37-28(42)25-22(12-41)34-9-21(38-25)23-18(26(32)33)3-4-20(30)24(23)31/h3-5,7-9,11,14,16,19,26,41H,6,10,12H2,1-2H3,(H,37,42)/t14?,16-,19-/m1/s1. The number of anilines is 2. The van der Waals surface area contributed by atoms with E-state index in [9.17, 15) is 27.9 Å². The number of carbonyl (C=O) groups excluding carboxylic acids is 2. The number of halogens is 4. The van der Waals surface area contributed by atoms with Crippen LogP contribution in [0.5, 0.6) is 0 Å². The average molecular weight is 612 g/mol. The molecule has 4 heterocycles. The summed E-state index contributed by atoms with van der Waals surface area (Å²) >= 11 is 5.82. The van der Waals surface area contributed by atoms with E-state index < -0.39 is 40.9 Å². The van der Waals surface area contributed by atoms with Crippen LogP contribution < -0.4 is 10.2 Å². The summed E-state index contributed by atoms with van der Waals surface area (Å²) in [5, 5.41) is 16.3. The summed E-state index contributed by atoms with van der Waals surface area (Å²) in [5.74, 6) is -0.605. The summed E-state index contributed by atoms with van der Waals surface area (Å²) in [6, 6.07) is 3.64. The topological polar surface area (TPSA) is 126 Å². The molecule has 6 rings (SSSR count). The molecule has 1 aliphatic heterocycles. The van der Waals surface area contributed by atoms with Crippen LogP contribution in [0.1, 0.15) is 58.7 Å². The third-order valence-corrected chi connectivity index (χ3v) is 8.11. The summed E-state index contributed by atoms with van der Waals surface area (Å²) in [6.45, 7) is 3.81. The summed E-state index contributed by atoms with van der Waals surface area (Å²) in [7, 11) is 0. The van der Waals surface area contributed by atoms with Crippen molar-refractivity contribution in [3.8, 4) is 11.3 Å². The monoisotopic (exact) mass is 611 g/mol. The molecule has 2 aliphatic rings. The third kappa shape index (κ3) is 5.23. The number of aliphatic hydroxyl groups excluding tert-OH is 1. The highest BCUT2D eigenvalue weighted by Gasteiger charge is 2.53. The number of amides is 2. The maximum absolute atomic E-state index is 14.8. The molecule has 43 heavy (non-hydrogen) atoms. The predicted molar refractivity (Wildman–Crippen MR) is 150 cm³/mol. The second kappa shape index (κ2) is 11.0. The Bertz CT molecular complexity index is 1770. The van der Waals surface area contributed by atoms with E-state index in [0.717, 1.165) is 35.9 Å². The zero-order chi connectivity index (χ0) is 30.6. The van der Waals surface area contributed by atoms with E-state index in [4.69, 9.17) is 11.6 Å². The molecule has 2 N–H and O–H groups in total. The number of aryl methyl sites for hydroxylation is 1. The van der Waals surface area contributed by atoms with Gasteiger partial charge >= 0.3 is 0 Å². The molecule has 14 heteroatoms. The van der Waals surface area contributed by atoms with E-state index in [1.54, 1.807) is 22.0 Å². The van der Waals surface area contributed by atoms with Crippen LogP contribution in [0.3, 0.4) is 0 Å². The van der Waals surface area contributed by atoms with Crippen LogP contribution in [-0.4, -0.2) is 48.2 Å². The number of hydrogen-bond acceptors (Lipinski definition) is 7. The van der Waals surface area contributed by atoms with Gasteiger partial charge in [-0.05, 0) is 49.4 Å². The molecule has 2 fully saturated rings. The number of aliphatic hydroxyl groups is 1. The SMILES string of the molecule is Cc1cc(C(C)n2cc(NC(=O)c3nc(-c4c(C(F)F)ccc(Cl)c4F)cnc3CO)cn2)cnc1N1C[C@H]2C[C@H]2C1=O. The van der Waals surface area contributed by atoms with Gasteiger partial charge in [0.15, 0.2) is 11.5 Å². The smallest absolute Gasteiger partial charge is 0.276 e. The number of aromatic nitrogens is 5. The number of nitrogens with zero attached hydrogens (tertiary/aromatic N) is 6. The molecule has 2 amide bonds. The molecule has 3 atom stereocenters. The van der Waals surface area contributed by atoms with Crippen LogP contribution in [0.15, 0.2) is 43.0 Å². The van der Waals surface area contributed by atoms with Crippen molar-refractivity contribution in [2.24, 2.45) is 11.8 Å². The van der Waals surface area contributed by atoms with Crippen molar-refractivity contribution >= 4 is 34.9 Å². The minimum atomic E-state index is -3.05. The molecule has 1 saturated carbocycles. The molecule has 1 aliphatic carbocycles. The van der Waals surface area contributed by atoms with Crippen molar-refractivity contribution in [1.82, 2.24) is 24.7 Å². The largest absolute Gasteiger partial charge is 0.390 e. The lowest BCUT2D eigenvalue weighted by Crippen LogP contribution is -2.29. The summed E-state index contributed by atoms with van der Waals surface area (Å²) in [6.07, 6.45) is 3.58. The Morgan fingerprint density at radius 3 is 2.70 bits per heavy atom. The predicted octanol–water partition coefficient (Wildman–Crippen LogP) is 5.11. The Balaban J connectivity index is 1.22. The van der Waals surface area contributed by atoms with E-state index in [1.807, 2.05) is 19.9 Å². The second-order valence-electron chi connectivity index (χ2n) is 10.6. The maximum atomic E-state index is 14.8. The molecule has 3 aromatic heterocycles. The zero-order valence-electron chi connectivity index (χ0n) is 22.9.